The molecule has 0 unspecified atom stereocenters. The van der Waals surface area contributed by atoms with E-state index in [4.69, 9.17) is 4.74 Å². The molecule has 1 amide bonds. The minimum Gasteiger partial charge on any atom is -0.373 e. The van der Waals surface area contributed by atoms with Gasteiger partial charge in [0.2, 0.25) is 5.91 Å². The predicted octanol–water partition coefficient (Wildman–Crippen LogP) is 3.49. The van der Waals surface area contributed by atoms with Crippen LogP contribution in [0.3, 0.4) is 0 Å². The van der Waals surface area contributed by atoms with Crippen LogP contribution in [0, 0.1) is 0 Å². The van der Waals surface area contributed by atoms with Gasteiger partial charge in [-0.25, -0.2) is 0 Å². The van der Waals surface area contributed by atoms with Crippen LogP contribution in [-0.4, -0.2) is 36.1 Å². The molecule has 1 aliphatic heterocycles. The summed E-state index contributed by atoms with van der Waals surface area (Å²) in [5, 5.41) is 3.00. The average molecular weight is 332 g/mol. The van der Waals surface area contributed by atoms with Crippen molar-refractivity contribution in [1.29, 1.82) is 0 Å². The lowest BCUT2D eigenvalue weighted by atomic mass is 10.1. The number of nitrogens with zero attached hydrogens (tertiary/aromatic N) is 1. The highest BCUT2D eigenvalue weighted by Gasteiger charge is 2.21. The predicted molar refractivity (Wildman–Crippen MR) is 97.7 cm³/mol. The molecule has 1 aliphatic rings. The summed E-state index contributed by atoms with van der Waals surface area (Å²) >= 11 is 0. The van der Waals surface area contributed by atoms with Crippen molar-refractivity contribution >= 4 is 5.91 Å². The lowest BCUT2D eigenvalue weighted by Gasteiger charge is -2.35. The molecule has 1 N–H and O–H groups in total. The van der Waals surface area contributed by atoms with Crippen LogP contribution in [0.2, 0.25) is 0 Å². The number of rotatable bonds is 8. The first-order valence-corrected chi connectivity index (χ1v) is 9.29. The molecule has 1 heterocycles. The quantitative estimate of drug-likeness (QED) is 0.741. The Balaban J connectivity index is 1.75. The maximum Gasteiger partial charge on any atom is 0.220 e. The summed E-state index contributed by atoms with van der Waals surface area (Å²) in [6, 6.07) is 8.58. The Kier molecular flexibility index (Phi) is 7.73. The highest BCUT2D eigenvalue weighted by atomic mass is 16.5. The number of amides is 1. The van der Waals surface area contributed by atoms with E-state index in [0.717, 1.165) is 44.5 Å². The summed E-state index contributed by atoms with van der Waals surface area (Å²) in [4.78, 5) is 14.2. The van der Waals surface area contributed by atoms with E-state index in [2.05, 4.69) is 55.3 Å². The highest BCUT2D eigenvalue weighted by Crippen LogP contribution is 2.14. The summed E-state index contributed by atoms with van der Waals surface area (Å²) in [5.41, 5.74) is 2.47. The van der Waals surface area contributed by atoms with Gasteiger partial charge in [-0.2, -0.15) is 0 Å². The van der Waals surface area contributed by atoms with Gasteiger partial charge >= 0.3 is 0 Å². The first kappa shape index (κ1) is 18.9. The average Bonchev–Trinajstić information content (AvgIpc) is 2.53. The molecule has 1 aromatic carbocycles. The Morgan fingerprint density at radius 2 is 1.75 bits per heavy atom. The van der Waals surface area contributed by atoms with Gasteiger partial charge in [-0.05, 0) is 31.4 Å². The Morgan fingerprint density at radius 1 is 1.12 bits per heavy atom. The second-order valence-corrected chi connectivity index (χ2v) is 7.00. The molecule has 0 radical (unpaired) electrons. The normalized spacial score (nSPS) is 21.6. The number of hydrogen-bond acceptors (Lipinski definition) is 3. The molecule has 2 atom stereocenters. The second-order valence-electron chi connectivity index (χ2n) is 7.00. The van der Waals surface area contributed by atoms with Crippen LogP contribution in [-0.2, 0) is 22.6 Å². The first-order valence-electron chi connectivity index (χ1n) is 9.29. The van der Waals surface area contributed by atoms with E-state index in [1.807, 2.05) is 0 Å². The molecule has 0 saturated carbocycles. The zero-order chi connectivity index (χ0) is 17.4. The summed E-state index contributed by atoms with van der Waals surface area (Å²) in [7, 11) is 0. The van der Waals surface area contributed by atoms with Gasteiger partial charge in [0.1, 0.15) is 0 Å². The van der Waals surface area contributed by atoms with Gasteiger partial charge in [0, 0.05) is 32.6 Å². The van der Waals surface area contributed by atoms with Crippen molar-refractivity contribution in [1.82, 2.24) is 10.2 Å². The Bertz CT molecular complexity index is 491. The third-order valence-electron chi connectivity index (χ3n) is 4.42. The van der Waals surface area contributed by atoms with Crippen LogP contribution in [0.5, 0.6) is 0 Å². The zero-order valence-electron chi connectivity index (χ0n) is 15.4. The molecular formula is C20H32N2O2. The molecule has 4 nitrogen and oxygen atoms in total. The summed E-state index contributed by atoms with van der Waals surface area (Å²) in [6.07, 6.45) is 4.50. The lowest BCUT2D eigenvalue weighted by Crippen LogP contribution is -2.44. The molecule has 0 aromatic heterocycles. The number of hydrogen-bond donors (Lipinski definition) is 1. The maximum atomic E-state index is 11.8. The largest absolute Gasteiger partial charge is 0.373 e. The molecule has 1 aromatic rings. The number of benzene rings is 1. The monoisotopic (exact) mass is 332 g/mol. The fraction of sp³-hybridized carbons (Fsp3) is 0.650. The summed E-state index contributed by atoms with van der Waals surface area (Å²) < 4.78 is 5.78. The minimum absolute atomic E-state index is 0.156. The Morgan fingerprint density at radius 3 is 2.38 bits per heavy atom. The maximum absolute atomic E-state index is 11.8. The third kappa shape index (κ3) is 6.62. The van der Waals surface area contributed by atoms with Crippen LogP contribution < -0.4 is 5.32 Å². The molecule has 24 heavy (non-hydrogen) atoms. The van der Waals surface area contributed by atoms with Gasteiger partial charge in [-0.3, -0.25) is 9.69 Å². The SMILES string of the molecule is CCCCCC(=O)NCc1ccc(CN2C[C@@H](C)O[C@@H](C)C2)cc1. The van der Waals surface area contributed by atoms with Crippen molar-refractivity contribution in [3.8, 4) is 0 Å². The smallest absolute Gasteiger partial charge is 0.220 e. The Hall–Kier alpha value is -1.39. The van der Waals surface area contributed by atoms with Crippen molar-refractivity contribution in [2.75, 3.05) is 13.1 Å². The van der Waals surface area contributed by atoms with Crippen LogP contribution in [0.4, 0.5) is 0 Å². The second kappa shape index (κ2) is 9.80. The molecule has 0 spiro atoms. The van der Waals surface area contributed by atoms with Gasteiger partial charge in [-0.15, -0.1) is 0 Å². The van der Waals surface area contributed by atoms with Gasteiger partial charge in [-0.1, -0.05) is 44.0 Å². The number of ether oxygens (including phenoxy) is 1. The number of nitrogens with one attached hydrogen (secondary N) is 1. The zero-order valence-corrected chi connectivity index (χ0v) is 15.4. The van der Waals surface area contributed by atoms with Crippen molar-refractivity contribution in [3.05, 3.63) is 35.4 Å². The summed E-state index contributed by atoms with van der Waals surface area (Å²) in [6.45, 7) is 9.97. The molecule has 134 valence electrons. The van der Waals surface area contributed by atoms with Gasteiger partial charge in [0.05, 0.1) is 12.2 Å². The molecule has 0 aliphatic carbocycles. The van der Waals surface area contributed by atoms with Crippen LogP contribution in [0.1, 0.15) is 57.6 Å². The molecule has 1 saturated heterocycles. The highest BCUT2D eigenvalue weighted by molar-refractivity contribution is 5.75. The fourth-order valence-corrected chi connectivity index (χ4v) is 3.26. The van der Waals surface area contributed by atoms with E-state index < -0.39 is 0 Å². The van der Waals surface area contributed by atoms with E-state index in [-0.39, 0.29) is 5.91 Å². The van der Waals surface area contributed by atoms with Gasteiger partial charge < -0.3 is 10.1 Å². The van der Waals surface area contributed by atoms with E-state index in [1.165, 1.54) is 5.56 Å². The van der Waals surface area contributed by atoms with Gasteiger partial charge in [0.25, 0.3) is 0 Å². The number of carbonyl (C=O) groups is 1. The van der Waals surface area contributed by atoms with Crippen LogP contribution >= 0.6 is 0 Å². The number of unbranched alkanes of at least 4 members (excludes halogenated alkanes) is 2. The lowest BCUT2D eigenvalue weighted by molar-refractivity contribution is -0.121. The van der Waals surface area contributed by atoms with Crippen molar-refractivity contribution in [2.24, 2.45) is 0 Å². The summed E-state index contributed by atoms with van der Waals surface area (Å²) in [5.74, 6) is 0.156. The van der Waals surface area contributed by atoms with Gasteiger partial charge in [0.15, 0.2) is 0 Å². The van der Waals surface area contributed by atoms with E-state index in [9.17, 15) is 4.79 Å². The van der Waals surface area contributed by atoms with Crippen molar-refractivity contribution < 1.29 is 9.53 Å². The molecule has 4 heteroatoms. The third-order valence-corrected chi connectivity index (χ3v) is 4.42. The van der Waals surface area contributed by atoms with E-state index in [1.54, 1.807) is 0 Å². The molecular weight excluding hydrogens is 300 g/mol. The van der Waals surface area contributed by atoms with Crippen molar-refractivity contribution in [2.45, 2.75) is 71.8 Å². The number of carbonyl (C=O) groups excluding carboxylic acids is 1. The van der Waals surface area contributed by atoms with Crippen molar-refractivity contribution in [3.63, 3.8) is 0 Å². The minimum atomic E-state index is 0.156. The van der Waals surface area contributed by atoms with Crippen LogP contribution in [0.25, 0.3) is 0 Å². The first-order chi connectivity index (χ1) is 11.6. The van der Waals surface area contributed by atoms with Crippen LogP contribution in [0.15, 0.2) is 24.3 Å². The van der Waals surface area contributed by atoms with E-state index >= 15 is 0 Å². The Labute approximate surface area is 146 Å². The molecule has 0 bridgehead atoms. The van der Waals surface area contributed by atoms with E-state index in [0.29, 0.717) is 25.2 Å². The number of morpholine rings is 1. The standard InChI is InChI=1S/C20H32N2O2/c1-4-5-6-7-20(23)21-12-18-8-10-19(11-9-18)15-22-13-16(2)24-17(3)14-22/h8-11,16-17H,4-7,12-15H2,1-3H3,(H,21,23)/t16-,17+. The fourth-order valence-electron chi connectivity index (χ4n) is 3.26. The topological polar surface area (TPSA) is 41.6 Å². The molecule has 1 fully saturated rings. The molecule has 2 rings (SSSR count).